The Morgan fingerprint density at radius 3 is 2.48 bits per heavy atom. The van der Waals surface area contributed by atoms with Gasteiger partial charge in [-0.15, -0.1) is 5.10 Å². The lowest BCUT2D eigenvalue weighted by atomic mass is 10.1. The number of hydrogen-bond donors (Lipinski definition) is 1. The lowest BCUT2D eigenvalue weighted by molar-refractivity contribution is -0.150. The van der Waals surface area contributed by atoms with E-state index in [-0.39, 0.29) is 12.3 Å². The van der Waals surface area contributed by atoms with Gasteiger partial charge in [-0.3, -0.25) is 9.59 Å². The number of aromatic nitrogens is 2. The first-order chi connectivity index (χ1) is 15.9. The van der Waals surface area contributed by atoms with E-state index in [4.69, 9.17) is 13.9 Å². The lowest BCUT2D eigenvalue weighted by Crippen LogP contribution is -2.44. The number of hydrogen-bond acceptors (Lipinski definition) is 8. The average Bonchev–Trinajstić information content (AvgIpc) is 3.17. The zero-order chi connectivity index (χ0) is 23.8. The van der Waals surface area contributed by atoms with E-state index in [1.165, 1.54) is 31.4 Å². The van der Waals surface area contributed by atoms with Gasteiger partial charge in [0, 0.05) is 12.0 Å². The number of amides is 1. The van der Waals surface area contributed by atoms with Crippen LogP contribution in [0.3, 0.4) is 0 Å². The lowest BCUT2D eigenvalue weighted by Gasteiger charge is -2.16. The van der Waals surface area contributed by atoms with Crippen LogP contribution in [0.4, 0.5) is 4.39 Å². The summed E-state index contributed by atoms with van der Waals surface area (Å²) >= 11 is 0. The molecule has 0 unspecified atom stereocenters. The minimum Gasteiger partial charge on any atom is -0.467 e. The second-order valence-corrected chi connectivity index (χ2v) is 6.83. The van der Waals surface area contributed by atoms with Gasteiger partial charge in [-0.1, -0.05) is 30.3 Å². The first kappa shape index (κ1) is 23.4. The highest BCUT2D eigenvalue weighted by Gasteiger charge is 2.23. The molecule has 3 aromatic rings. The smallest absolute Gasteiger partial charge is 0.437 e. The highest BCUT2D eigenvalue weighted by molar-refractivity contribution is 5.86. The van der Waals surface area contributed by atoms with Gasteiger partial charge in [-0.2, -0.15) is 4.68 Å². The summed E-state index contributed by atoms with van der Waals surface area (Å²) in [5.74, 6) is -3.81. The number of carbonyl (C=O) groups excluding carboxylic acids is 3. The summed E-state index contributed by atoms with van der Waals surface area (Å²) in [5.41, 5.74) is 1.14. The topological polar surface area (TPSA) is 130 Å². The van der Waals surface area contributed by atoms with Gasteiger partial charge >= 0.3 is 17.7 Å². The number of carbonyl (C=O) groups is 3. The van der Waals surface area contributed by atoms with Gasteiger partial charge in [0.15, 0.2) is 6.61 Å². The first-order valence-corrected chi connectivity index (χ1v) is 9.76. The molecule has 0 saturated carbocycles. The van der Waals surface area contributed by atoms with Crippen LogP contribution < -0.4 is 11.1 Å². The summed E-state index contributed by atoms with van der Waals surface area (Å²) in [4.78, 5) is 48.1. The third-order valence-corrected chi connectivity index (χ3v) is 4.44. The maximum atomic E-state index is 13.0. The molecule has 33 heavy (non-hydrogen) atoms. The quantitative estimate of drug-likeness (QED) is 0.473. The third-order valence-electron chi connectivity index (χ3n) is 4.44. The van der Waals surface area contributed by atoms with Crippen LogP contribution in [0, 0.1) is 5.82 Å². The SMILES string of the molecule is COC(=O)[C@@H](Cc1ccccc1)NC(=O)COC(=O)Cn1nc(-c2ccc(F)cc2)oc1=O. The molecule has 0 fully saturated rings. The van der Waals surface area contributed by atoms with Crippen molar-refractivity contribution in [3.8, 4) is 11.5 Å². The zero-order valence-electron chi connectivity index (χ0n) is 17.5. The highest BCUT2D eigenvalue weighted by Crippen LogP contribution is 2.15. The molecule has 0 aliphatic rings. The fourth-order valence-electron chi connectivity index (χ4n) is 2.85. The number of nitrogens with one attached hydrogen (secondary N) is 1. The van der Waals surface area contributed by atoms with E-state index in [2.05, 4.69) is 10.4 Å². The van der Waals surface area contributed by atoms with Crippen molar-refractivity contribution in [3.63, 3.8) is 0 Å². The first-order valence-electron chi connectivity index (χ1n) is 9.76. The molecule has 1 N–H and O–H groups in total. The molecule has 172 valence electrons. The molecule has 3 rings (SSSR count). The molecule has 0 radical (unpaired) electrons. The Labute approximate surface area is 186 Å². The normalized spacial score (nSPS) is 11.5. The summed E-state index contributed by atoms with van der Waals surface area (Å²) in [7, 11) is 1.20. The second kappa shape index (κ2) is 10.8. The van der Waals surface area contributed by atoms with Crippen LogP contribution >= 0.6 is 0 Å². The van der Waals surface area contributed by atoms with Crippen LogP contribution in [0.1, 0.15) is 5.56 Å². The Morgan fingerprint density at radius 2 is 1.82 bits per heavy atom. The van der Waals surface area contributed by atoms with Gasteiger partial charge in [0.05, 0.1) is 7.11 Å². The largest absolute Gasteiger partial charge is 0.467 e. The molecule has 0 aliphatic heterocycles. The molecular formula is C22H20FN3O7. The number of nitrogens with zero attached hydrogens (tertiary/aromatic N) is 2. The van der Waals surface area contributed by atoms with E-state index < -0.39 is 48.6 Å². The maximum absolute atomic E-state index is 13.0. The summed E-state index contributed by atoms with van der Waals surface area (Å²) in [6, 6.07) is 13.1. The van der Waals surface area contributed by atoms with Crippen molar-refractivity contribution in [1.29, 1.82) is 0 Å². The van der Waals surface area contributed by atoms with E-state index in [0.717, 1.165) is 5.56 Å². The number of ether oxygens (including phenoxy) is 2. The van der Waals surface area contributed by atoms with Crippen molar-refractivity contribution >= 4 is 17.8 Å². The van der Waals surface area contributed by atoms with Crippen LogP contribution in [-0.2, 0) is 36.8 Å². The number of benzene rings is 2. The van der Waals surface area contributed by atoms with Crippen LogP contribution in [0.2, 0.25) is 0 Å². The van der Waals surface area contributed by atoms with E-state index in [0.29, 0.717) is 10.2 Å². The van der Waals surface area contributed by atoms with Crippen LogP contribution in [-0.4, -0.2) is 47.4 Å². The van der Waals surface area contributed by atoms with Gasteiger partial charge < -0.3 is 19.2 Å². The number of methoxy groups -OCH3 is 1. The minimum atomic E-state index is -0.972. The average molecular weight is 457 g/mol. The number of esters is 2. The van der Waals surface area contributed by atoms with Gasteiger partial charge in [0.25, 0.3) is 5.91 Å². The Hall–Kier alpha value is -4.28. The fraction of sp³-hybridized carbons (Fsp3) is 0.227. The van der Waals surface area contributed by atoms with E-state index in [1.54, 1.807) is 24.3 Å². The monoisotopic (exact) mass is 457 g/mol. The Balaban J connectivity index is 1.54. The van der Waals surface area contributed by atoms with E-state index in [1.807, 2.05) is 6.07 Å². The fourth-order valence-corrected chi connectivity index (χ4v) is 2.85. The van der Waals surface area contributed by atoms with Gasteiger partial charge in [0.2, 0.25) is 5.89 Å². The molecule has 10 nitrogen and oxygen atoms in total. The molecule has 0 aliphatic carbocycles. The molecule has 0 spiro atoms. The molecule has 2 aromatic carbocycles. The molecular weight excluding hydrogens is 437 g/mol. The standard InChI is InChI=1S/C22H20FN3O7/c1-31-21(29)17(11-14-5-3-2-4-6-14)24-18(27)13-32-19(28)12-26-22(30)33-20(25-26)15-7-9-16(23)10-8-15/h2-10,17H,11-13H2,1H3,(H,24,27)/t17-/m1/s1. The predicted molar refractivity (Wildman–Crippen MR) is 111 cm³/mol. The summed E-state index contributed by atoms with van der Waals surface area (Å²) in [6.07, 6.45) is 0.188. The molecule has 1 atom stereocenters. The Kier molecular flexibility index (Phi) is 7.68. The molecule has 1 amide bonds. The van der Waals surface area contributed by atoms with Crippen molar-refractivity contribution in [2.45, 2.75) is 19.0 Å². The summed E-state index contributed by atoms with van der Waals surface area (Å²) in [6.45, 7) is -1.29. The molecule has 0 bridgehead atoms. The molecule has 11 heteroatoms. The van der Waals surface area contributed by atoms with Gasteiger partial charge in [-0.05, 0) is 29.8 Å². The number of rotatable bonds is 9. The van der Waals surface area contributed by atoms with Crippen molar-refractivity contribution in [2.75, 3.05) is 13.7 Å². The number of halogens is 1. The van der Waals surface area contributed by atoms with Crippen LogP contribution in [0.25, 0.3) is 11.5 Å². The van der Waals surface area contributed by atoms with Crippen LogP contribution in [0.15, 0.2) is 63.8 Å². The second-order valence-electron chi connectivity index (χ2n) is 6.83. The van der Waals surface area contributed by atoms with E-state index in [9.17, 15) is 23.6 Å². The van der Waals surface area contributed by atoms with Crippen molar-refractivity contribution in [3.05, 3.63) is 76.5 Å². The van der Waals surface area contributed by atoms with Gasteiger partial charge in [-0.25, -0.2) is 14.0 Å². The maximum Gasteiger partial charge on any atom is 0.437 e. The molecule has 1 heterocycles. The zero-order valence-corrected chi connectivity index (χ0v) is 17.5. The van der Waals surface area contributed by atoms with Crippen molar-refractivity contribution < 1.29 is 32.7 Å². The third kappa shape index (κ3) is 6.60. The minimum absolute atomic E-state index is 0.104. The van der Waals surface area contributed by atoms with Crippen molar-refractivity contribution in [1.82, 2.24) is 15.1 Å². The van der Waals surface area contributed by atoms with E-state index >= 15 is 0 Å². The molecule has 0 saturated heterocycles. The predicted octanol–water partition coefficient (Wildman–Crippen LogP) is 1.09. The van der Waals surface area contributed by atoms with Gasteiger partial charge in [0.1, 0.15) is 18.4 Å². The van der Waals surface area contributed by atoms with Crippen molar-refractivity contribution in [2.24, 2.45) is 0 Å². The summed E-state index contributed by atoms with van der Waals surface area (Å²) in [5, 5.41) is 6.31. The highest BCUT2D eigenvalue weighted by atomic mass is 19.1. The molecule has 1 aromatic heterocycles. The Morgan fingerprint density at radius 1 is 1.12 bits per heavy atom. The Bertz CT molecular complexity index is 1170. The van der Waals surface area contributed by atoms with Crippen LogP contribution in [0.5, 0.6) is 0 Å². The summed E-state index contributed by atoms with van der Waals surface area (Å²) < 4.78 is 28.3.